The number of rotatable bonds is 3. The average Bonchev–Trinajstić information content (AvgIpc) is 2.32. The molecule has 4 N–H and O–H groups in total. The second-order valence-corrected chi connectivity index (χ2v) is 6.08. The van der Waals surface area contributed by atoms with Crippen LogP contribution in [0, 0.1) is 0 Å². The molecule has 0 amide bonds. The van der Waals surface area contributed by atoms with Crippen LogP contribution in [0.15, 0.2) is 24.0 Å². The molecule has 7 heteroatoms. The Bertz CT molecular complexity index is 452. The molecule has 1 atom stereocenters. The SMILES string of the molecule is NS(=O)(=O)N(C1=CC=CNC1O)C1CCCCC1. The van der Waals surface area contributed by atoms with Crippen molar-refractivity contribution in [1.29, 1.82) is 0 Å². The van der Waals surface area contributed by atoms with Gasteiger partial charge in [0, 0.05) is 6.04 Å². The molecule has 1 unspecified atom stereocenters. The summed E-state index contributed by atoms with van der Waals surface area (Å²) in [7, 11) is -3.87. The van der Waals surface area contributed by atoms with Crippen LogP contribution in [0.4, 0.5) is 0 Å². The summed E-state index contributed by atoms with van der Waals surface area (Å²) in [6.07, 6.45) is 8.44. The molecule has 1 saturated carbocycles. The molecule has 6 nitrogen and oxygen atoms in total. The fourth-order valence-corrected chi connectivity index (χ4v) is 3.63. The van der Waals surface area contributed by atoms with E-state index in [0.717, 1.165) is 32.1 Å². The van der Waals surface area contributed by atoms with E-state index < -0.39 is 16.4 Å². The van der Waals surface area contributed by atoms with Gasteiger partial charge in [-0.05, 0) is 31.2 Å². The lowest BCUT2D eigenvalue weighted by atomic mass is 9.95. The van der Waals surface area contributed by atoms with Gasteiger partial charge in [0.25, 0.3) is 10.2 Å². The van der Waals surface area contributed by atoms with Gasteiger partial charge in [0.1, 0.15) is 0 Å². The third-order valence-corrected chi connectivity index (χ3v) is 4.39. The van der Waals surface area contributed by atoms with Gasteiger partial charge in [0.2, 0.25) is 0 Å². The largest absolute Gasteiger partial charge is 0.368 e. The van der Waals surface area contributed by atoms with Gasteiger partial charge < -0.3 is 10.4 Å². The minimum absolute atomic E-state index is 0.150. The Morgan fingerprint density at radius 1 is 1.33 bits per heavy atom. The highest BCUT2D eigenvalue weighted by atomic mass is 32.2. The second-order valence-electron chi connectivity index (χ2n) is 4.65. The van der Waals surface area contributed by atoms with Gasteiger partial charge in [-0.25, -0.2) is 5.14 Å². The molecule has 0 saturated heterocycles. The van der Waals surface area contributed by atoms with Crippen LogP contribution in [0.3, 0.4) is 0 Å². The molecule has 1 aliphatic heterocycles. The maximum atomic E-state index is 11.8. The van der Waals surface area contributed by atoms with Crippen molar-refractivity contribution in [2.24, 2.45) is 5.14 Å². The maximum Gasteiger partial charge on any atom is 0.299 e. The van der Waals surface area contributed by atoms with E-state index in [1.165, 1.54) is 4.31 Å². The highest BCUT2D eigenvalue weighted by Gasteiger charge is 2.33. The van der Waals surface area contributed by atoms with Crippen molar-refractivity contribution in [2.45, 2.75) is 44.4 Å². The van der Waals surface area contributed by atoms with Gasteiger partial charge >= 0.3 is 0 Å². The minimum atomic E-state index is -3.87. The molecule has 0 spiro atoms. The highest BCUT2D eigenvalue weighted by molar-refractivity contribution is 7.86. The minimum Gasteiger partial charge on any atom is -0.368 e. The first-order valence-electron chi connectivity index (χ1n) is 6.13. The molecule has 2 aliphatic rings. The molecule has 18 heavy (non-hydrogen) atoms. The summed E-state index contributed by atoms with van der Waals surface area (Å²) in [6, 6.07) is -0.150. The van der Waals surface area contributed by atoms with E-state index in [9.17, 15) is 13.5 Å². The number of hydrogen-bond donors (Lipinski definition) is 3. The van der Waals surface area contributed by atoms with E-state index in [1.807, 2.05) is 0 Å². The summed E-state index contributed by atoms with van der Waals surface area (Å²) in [6.45, 7) is 0. The fraction of sp³-hybridized carbons (Fsp3) is 0.636. The summed E-state index contributed by atoms with van der Waals surface area (Å²) in [5.41, 5.74) is 0.298. The van der Waals surface area contributed by atoms with Crippen LogP contribution in [-0.4, -0.2) is 30.1 Å². The first-order valence-corrected chi connectivity index (χ1v) is 7.63. The van der Waals surface area contributed by atoms with Crippen LogP contribution in [0.5, 0.6) is 0 Å². The van der Waals surface area contributed by atoms with Crippen molar-refractivity contribution < 1.29 is 13.5 Å². The van der Waals surface area contributed by atoms with Crippen molar-refractivity contribution in [3.05, 3.63) is 24.0 Å². The van der Waals surface area contributed by atoms with Gasteiger partial charge in [-0.15, -0.1) is 0 Å². The first-order chi connectivity index (χ1) is 8.50. The molecule has 2 rings (SSSR count). The Balaban J connectivity index is 2.30. The zero-order valence-corrected chi connectivity index (χ0v) is 10.9. The molecular formula is C11H19N3O3S. The molecule has 1 heterocycles. The third kappa shape index (κ3) is 2.85. The summed E-state index contributed by atoms with van der Waals surface area (Å²) in [5, 5.41) is 17.8. The molecule has 0 aromatic rings. The molecule has 1 fully saturated rings. The van der Waals surface area contributed by atoms with E-state index in [2.05, 4.69) is 5.32 Å². The van der Waals surface area contributed by atoms with Crippen LogP contribution in [0.1, 0.15) is 32.1 Å². The Kier molecular flexibility index (Phi) is 3.94. The number of hydrogen-bond acceptors (Lipinski definition) is 4. The Labute approximate surface area is 107 Å². The van der Waals surface area contributed by atoms with Crippen molar-refractivity contribution in [3.63, 3.8) is 0 Å². The molecule has 0 aromatic carbocycles. The Morgan fingerprint density at radius 3 is 2.56 bits per heavy atom. The number of allylic oxidation sites excluding steroid dienone is 2. The molecular weight excluding hydrogens is 254 g/mol. The predicted octanol–water partition coefficient (Wildman–Crippen LogP) is 0.144. The van der Waals surface area contributed by atoms with Crippen LogP contribution in [0.2, 0.25) is 0 Å². The normalized spacial score (nSPS) is 25.4. The molecule has 102 valence electrons. The second kappa shape index (κ2) is 5.29. The fourth-order valence-electron chi connectivity index (χ4n) is 2.54. The predicted molar refractivity (Wildman–Crippen MR) is 68.2 cm³/mol. The van der Waals surface area contributed by atoms with Gasteiger partial charge in [0.15, 0.2) is 6.23 Å². The van der Waals surface area contributed by atoms with Crippen LogP contribution in [-0.2, 0) is 10.2 Å². The number of nitrogens with zero attached hydrogens (tertiary/aromatic N) is 1. The third-order valence-electron chi connectivity index (χ3n) is 3.33. The monoisotopic (exact) mass is 273 g/mol. The summed E-state index contributed by atoms with van der Waals surface area (Å²) < 4.78 is 24.7. The van der Waals surface area contributed by atoms with Crippen LogP contribution < -0.4 is 10.5 Å². The smallest absolute Gasteiger partial charge is 0.299 e. The highest BCUT2D eigenvalue weighted by Crippen LogP contribution is 2.28. The lowest BCUT2D eigenvalue weighted by molar-refractivity contribution is 0.147. The van der Waals surface area contributed by atoms with Crippen LogP contribution in [0.25, 0.3) is 0 Å². The zero-order chi connectivity index (χ0) is 13.2. The van der Waals surface area contributed by atoms with Crippen LogP contribution >= 0.6 is 0 Å². The van der Waals surface area contributed by atoms with Gasteiger partial charge in [-0.2, -0.15) is 8.42 Å². The zero-order valence-electron chi connectivity index (χ0n) is 10.1. The van der Waals surface area contributed by atoms with Gasteiger partial charge in [-0.1, -0.05) is 19.3 Å². The van der Waals surface area contributed by atoms with E-state index in [4.69, 9.17) is 5.14 Å². The lowest BCUT2D eigenvalue weighted by Crippen LogP contribution is -2.49. The van der Waals surface area contributed by atoms with Crippen molar-refractivity contribution in [3.8, 4) is 0 Å². The number of nitrogens with two attached hydrogens (primary N) is 1. The van der Waals surface area contributed by atoms with Gasteiger partial charge in [0.05, 0.1) is 5.70 Å². The molecule has 0 radical (unpaired) electrons. The van der Waals surface area contributed by atoms with E-state index in [0.29, 0.717) is 5.70 Å². The average molecular weight is 273 g/mol. The van der Waals surface area contributed by atoms with Crippen molar-refractivity contribution >= 4 is 10.2 Å². The Hall–Kier alpha value is -1.05. The molecule has 0 bridgehead atoms. The summed E-state index contributed by atoms with van der Waals surface area (Å²) >= 11 is 0. The molecule has 0 aromatic heterocycles. The quantitative estimate of drug-likeness (QED) is 0.681. The van der Waals surface area contributed by atoms with Crippen molar-refractivity contribution in [2.75, 3.05) is 0 Å². The number of aliphatic hydroxyl groups excluding tert-OH is 1. The Morgan fingerprint density at radius 2 is 2.00 bits per heavy atom. The maximum absolute atomic E-state index is 11.8. The molecule has 1 aliphatic carbocycles. The lowest BCUT2D eigenvalue weighted by Gasteiger charge is -2.37. The van der Waals surface area contributed by atoms with E-state index in [1.54, 1.807) is 18.4 Å². The number of dihydropyridines is 1. The van der Waals surface area contributed by atoms with E-state index >= 15 is 0 Å². The summed E-state index contributed by atoms with van der Waals surface area (Å²) in [5.74, 6) is 0. The summed E-state index contributed by atoms with van der Waals surface area (Å²) in [4.78, 5) is 0. The van der Waals surface area contributed by atoms with Gasteiger partial charge in [-0.3, -0.25) is 4.31 Å². The standard InChI is InChI=1S/C11H19N3O3S/c12-18(16,17)14(9-5-2-1-3-6-9)10-7-4-8-13-11(10)15/h4,7-9,11,13,15H,1-3,5-6H2,(H2,12,16,17). The first kappa shape index (κ1) is 13.4. The van der Waals surface area contributed by atoms with E-state index in [-0.39, 0.29) is 6.04 Å². The number of nitrogens with one attached hydrogen (secondary N) is 1. The topological polar surface area (TPSA) is 95.7 Å². The number of aliphatic hydroxyl groups is 1. The van der Waals surface area contributed by atoms with Crippen molar-refractivity contribution in [1.82, 2.24) is 9.62 Å².